The van der Waals surface area contributed by atoms with Crippen molar-refractivity contribution in [2.45, 2.75) is 44.2 Å². The maximum absolute atomic E-state index is 13.3. The van der Waals surface area contributed by atoms with Crippen molar-refractivity contribution in [2.75, 3.05) is 30.3 Å². The summed E-state index contributed by atoms with van der Waals surface area (Å²) < 4.78 is 45.4. The lowest BCUT2D eigenvalue weighted by atomic mass is 10.1. The molecule has 0 aromatic heterocycles. The van der Waals surface area contributed by atoms with Gasteiger partial charge in [-0.05, 0) is 44.1 Å². The molecular formula is C16H22F3NOS. The fourth-order valence-electron chi connectivity index (χ4n) is 2.70. The zero-order valence-electron chi connectivity index (χ0n) is 13.0. The van der Waals surface area contributed by atoms with E-state index in [4.69, 9.17) is 4.74 Å². The van der Waals surface area contributed by atoms with Crippen LogP contribution in [0.25, 0.3) is 0 Å². The first-order valence-electron chi connectivity index (χ1n) is 7.73. The van der Waals surface area contributed by atoms with Crippen molar-refractivity contribution in [1.82, 2.24) is 0 Å². The first kappa shape index (κ1) is 17.3. The van der Waals surface area contributed by atoms with Crippen LogP contribution in [0.2, 0.25) is 0 Å². The Morgan fingerprint density at radius 3 is 2.36 bits per heavy atom. The Balaban J connectivity index is 2.48. The Bertz CT molecular complexity index is 499. The summed E-state index contributed by atoms with van der Waals surface area (Å²) in [5, 5.41) is 0. The number of thioether (sulfide) groups is 1. The molecule has 1 heterocycles. The summed E-state index contributed by atoms with van der Waals surface area (Å²) in [6, 6.07) is 2.83. The molecule has 124 valence electrons. The van der Waals surface area contributed by atoms with Gasteiger partial charge < -0.3 is 9.64 Å². The molecule has 0 radical (unpaired) electrons. The topological polar surface area (TPSA) is 12.5 Å². The Kier molecular flexibility index (Phi) is 5.89. The van der Waals surface area contributed by atoms with Crippen LogP contribution in [-0.2, 0) is 6.18 Å². The van der Waals surface area contributed by atoms with Crippen LogP contribution in [0.5, 0.6) is 5.75 Å². The number of rotatable bonds is 5. The Hall–Kier alpha value is -1.04. The zero-order chi connectivity index (χ0) is 16.2. The smallest absolute Gasteiger partial charge is 0.417 e. The number of anilines is 1. The highest BCUT2D eigenvalue weighted by Gasteiger charge is 2.35. The van der Waals surface area contributed by atoms with Crippen LogP contribution in [0.3, 0.4) is 0 Å². The normalized spacial score (nSPS) is 16.0. The van der Waals surface area contributed by atoms with Gasteiger partial charge in [0.1, 0.15) is 5.75 Å². The van der Waals surface area contributed by atoms with Gasteiger partial charge in [-0.1, -0.05) is 6.92 Å². The minimum Gasteiger partial charge on any atom is -0.492 e. The molecule has 0 bridgehead atoms. The molecule has 0 unspecified atom stereocenters. The van der Waals surface area contributed by atoms with Crippen molar-refractivity contribution in [3.05, 3.63) is 17.7 Å². The number of hydrogen-bond acceptors (Lipinski definition) is 3. The Labute approximate surface area is 134 Å². The van der Waals surface area contributed by atoms with Gasteiger partial charge in [-0.15, -0.1) is 11.8 Å². The van der Waals surface area contributed by atoms with Gasteiger partial charge in [0, 0.05) is 18.0 Å². The molecule has 0 N–H and O–H groups in total. The zero-order valence-corrected chi connectivity index (χ0v) is 13.8. The molecule has 0 spiro atoms. The van der Waals surface area contributed by atoms with E-state index < -0.39 is 11.7 Å². The van der Waals surface area contributed by atoms with E-state index in [2.05, 4.69) is 4.90 Å². The molecule has 6 heteroatoms. The van der Waals surface area contributed by atoms with Crippen LogP contribution in [0.1, 0.15) is 38.7 Å². The molecule has 22 heavy (non-hydrogen) atoms. The van der Waals surface area contributed by atoms with E-state index in [1.807, 2.05) is 6.92 Å². The molecule has 1 aromatic carbocycles. The number of ether oxygens (including phenoxy) is 1. The highest BCUT2D eigenvalue weighted by atomic mass is 32.2. The largest absolute Gasteiger partial charge is 0.492 e. The quantitative estimate of drug-likeness (QED) is 0.687. The molecule has 1 saturated heterocycles. The number of benzene rings is 1. The Morgan fingerprint density at radius 1 is 1.14 bits per heavy atom. The summed E-state index contributed by atoms with van der Waals surface area (Å²) in [5.41, 5.74) is 0.203. The SMILES string of the molecule is CCOc1cc(C(F)(F)F)c(SCC)cc1N1CCCCC1. The van der Waals surface area contributed by atoms with Crippen molar-refractivity contribution < 1.29 is 17.9 Å². The number of alkyl halides is 3. The average Bonchev–Trinajstić information content (AvgIpc) is 2.48. The number of piperidine rings is 1. The lowest BCUT2D eigenvalue weighted by molar-refractivity contribution is -0.139. The maximum Gasteiger partial charge on any atom is 0.417 e. The Morgan fingerprint density at radius 2 is 1.82 bits per heavy atom. The first-order valence-corrected chi connectivity index (χ1v) is 8.71. The highest BCUT2D eigenvalue weighted by Crippen LogP contribution is 2.43. The van der Waals surface area contributed by atoms with E-state index in [1.165, 1.54) is 24.2 Å². The van der Waals surface area contributed by atoms with E-state index in [1.54, 1.807) is 13.0 Å². The van der Waals surface area contributed by atoms with Gasteiger partial charge >= 0.3 is 6.18 Å². The highest BCUT2D eigenvalue weighted by molar-refractivity contribution is 7.99. The fourth-order valence-corrected chi connectivity index (χ4v) is 3.53. The predicted octanol–water partition coefficient (Wildman–Crippen LogP) is 5.21. The summed E-state index contributed by atoms with van der Waals surface area (Å²) in [6.45, 7) is 5.77. The van der Waals surface area contributed by atoms with E-state index >= 15 is 0 Å². The van der Waals surface area contributed by atoms with Gasteiger partial charge in [0.05, 0.1) is 17.9 Å². The van der Waals surface area contributed by atoms with E-state index in [9.17, 15) is 13.2 Å². The van der Waals surface area contributed by atoms with E-state index in [0.29, 0.717) is 23.0 Å². The summed E-state index contributed by atoms with van der Waals surface area (Å²) in [7, 11) is 0. The summed E-state index contributed by atoms with van der Waals surface area (Å²) in [6.07, 6.45) is -1.03. The lowest BCUT2D eigenvalue weighted by Crippen LogP contribution is -2.30. The van der Waals surface area contributed by atoms with E-state index in [0.717, 1.165) is 31.6 Å². The van der Waals surface area contributed by atoms with Crippen LogP contribution in [0, 0.1) is 0 Å². The monoisotopic (exact) mass is 333 g/mol. The number of halogens is 3. The molecule has 0 amide bonds. The summed E-state index contributed by atoms with van der Waals surface area (Å²) >= 11 is 1.23. The molecule has 2 rings (SSSR count). The van der Waals surface area contributed by atoms with Crippen LogP contribution in [-0.4, -0.2) is 25.4 Å². The van der Waals surface area contributed by atoms with Crippen molar-refractivity contribution in [1.29, 1.82) is 0 Å². The van der Waals surface area contributed by atoms with E-state index in [-0.39, 0.29) is 0 Å². The molecule has 2 nitrogen and oxygen atoms in total. The molecule has 0 atom stereocenters. The van der Waals surface area contributed by atoms with Gasteiger partial charge in [-0.3, -0.25) is 0 Å². The third-order valence-electron chi connectivity index (χ3n) is 3.66. The fraction of sp³-hybridized carbons (Fsp3) is 0.625. The average molecular weight is 333 g/mol. The van der Waals surface area contributed by atoms with Crippen LogP contribution in [0.15, 0.2) is 17.0 Å². The van der Waals surface area contributed by atoms with Crippen molar-refractivity contribution in [3.8, 4) is 5.75 Å². The minimum absolute atomic E-state index is 0.291. The molecule has 0 saturated carbocycles. The predicted molar refractivity (Wildman–Crippen MR) is 85.1 cm³/mol. The van der Waals surface area contributed by atoms with Crippen LogP contribution in [0.4, 0.5) is 18.9 Å². The second kappa shape index (κ2) is 7.49. The third-order valence-corrected chi connectivity index (χ3v) is 4.60. The first-order chi connectivity index (χ1) is 10.5. The van der Waals surface area contributed by atoms with Gasteiger partial charge in [0.2, 0.25) is 0 Å². The van der Waals surface area contributed by atoms with Gasteiger partial charge in [0.15, 0.2) is 0 Å². The molecule has 1 aliphatic rings. The molecule has 1 aromatic rings. The van der Waals surface area contributed by atoms with Gasteiger partial charge in [-0.2, -0.15) is 13.2 Å². The minimum atomic E-state index is -4.36. The van der Waals surface area contributed by atoms with Crippen LogP contribution < -0.4 is 9.64 Å². The van der Waals surface area contributed by atoms with Gasteiger partial charge in [-0.25, -0.2) is 0 Å². The molecule has 1 aliphatic heterocycles. The summed E-state index contributed by atoms with van der Waals surface area (Å²) in [4.78, 5) is 2.44. The number of hydrogen-bond donors (Lipinski definition) is 0. The second-order valence-electron chi connectivity index (χ2n) is 5.23. The molecule has 1 fully saturated rings. The van der Waals surface area contributed by atoms with Crippen molar-refractivity contribution in [3.63, 3.8) is 0 Å². The number of nitrogens with zero attached hydrogens (tertiary/aromatic N) is 1. The van der Waals surface area contributed by atoms with Gasteiger partial charge in [0.25, 0.3) is 0 Å². The standard InChI is InChI=1S/C16H22F3NOS/c1-3-21-14-10-12(16(17,18)19)15(22-4-2)11-13(14)20-8-6-5-7-9-20/h10-11H,3-9H2,1-2H3. The maximum atomic E-state index is 13.3. The van der Waals surface area contributed by atoms with Crippen molar-refractivity contribution >= 4 is 17.4 Å². The second-order valence-corrected chi connectivity index (χ2v) is 6.53. The lowest BCUT2D eigenvalue weighted by Gasteiger charge is -2.31. The molecule has 0 aliphatic carbocycles. The third kappa shape index (κ3) is 4.03. The van der Waals surface area contributed by atoms with Crippen molar-refractivity contribution in [2.24, 2.45) is 0 Å². The summed E-state index contributed by atoms with van der Waals surface area (Å²) in [5.74, 6) is 0.952. The van der Waals surface area contributed by atoms with Crippen LogP contribution >= 0.6 is 11.8 Å². The molecular weight excluding hydrogens is 311 g/mol.